The molecule has 0 fully saturated rings. The van der Waals surface area contributed by atoms with Crippen molar-refractivity contribution < 1.29 is 32.9 Å². The number of nitrogens with one attached hydrogen (secondary N) is 1. The molecule has 0 aromatic carbocycles. The number of carbonyl (C=O) groups is 1. The fourth-order valence-corrected chi connectivity index (χ4v) is 6.54. The molecule has 0 saturated heterocycles. The number of amides is 1. The van der Waals surface area contributed by atoms with E-state index in [2.05, 4.69) is 92.1 Å². The van der Waals surface area contributed by atoms with Crippen molar-refractivity contribution in [1.29, 1.82) is 0 Å². The van der Waals surface area contributed by atoms with Crippen molar-refractivity contribution in [3.05, 3.63) is 85.1 Å². The molecule has 9 heteroatoms. The van der Waals surface area contributed by atoms with Gasteiger partial charge >= 0.3 is 7.82 Å². The molecule has 0 bridgehead atoms. The van der Waals surface area contributed by atoms with Crippen molar-refractivity contribution in [3.8, 4) is 0 Å². The Bertz CT molecular complexity index is 1200. The van der Waals surface area contributed by atoms with E-state index in [1.807, 2.05) is 27.2 Å². The molecule has 0 aliphatic carbocycles. The topological polar surface area (TPSA) is 105 Å². The average molecular weight is 818 g/mol. The molecule has 0 aliphatic heterocycles. The molecule has 328 valence electrons. The highest BCUT2D eigenvalue weighted by Gasteiger charge is 2.27. The highest BCUT2D eigenvalue weighted by atomic mass is 31.2. The zero-order valence-electron chi connectivity index (χ0n) is 37.0. The lowest BCUT2D eigenvalue weighted by molar-refractivity contribution is -0.870. The summed E-state index contributed by atoms with van der Waals surface area (Å²) >= 11 is 0. The second-order valence-corrected chi connectivity index (χ2v) is 17.5. The normalized spacial score (nSPS) is 15.1. The molecule has 0 radical (unpaired) electrons. The van der Waals surface area contributed by atoms with Gasteiger partial charge in [0.1, 0.15) is 13.2 Å². The van der Waals surface area contributed by atoms with Crippen LogP contribution < -0.4 is 5.32 Å². The summed E-state index contributed by atoms with van der Waals surface area (Å²) < 4.78 is 23.4. The predicted molar refractivity (Wildman–Crippen MR) is 244 cm³/mol. The van der Waals surface area contributed by atoms with Crippen LogP contribution in [0.2, 0.25) is 0 Å². The number of phosphoric ester groups is 1. The second-order valence-electron chi connectivity index (χ2n) is 16.0. The molecule has 0 aromatic heterocycles. The molecule has 1 amide bonds. The van der Waals surface area contributed by atoms with Gasteiger partial charge in [0.25, 0.3) is 0 Å². The fraction of sp³-hybridized carbons (Fsp3) is 0.688. The summed E-state index contributed by atoms with van der Waals surface area (Å²) in [5.74, 6) is -0.194. The summed E-state index contributed by atoms with van der Waals surface area (Å²) in [5.41, 5.74) is 0. The quantitative estimate of drug-likeness (QED) is 0.0247. The third kappa shape index (κ3) is 41.6. The van der Waals surface area contributed by atoms with Crippen LogP contribution in [0.1, 0.15) is 162 Å². The van der Waals surface area contributed by atoms with E-state index in [1.54, 1.807) is 6.08 Å². The van der Waals surface area contributed by atoms with Crippen LogP contribution >= 0.6 is 7.82 Å². The number of likely N-dealkylation sites (N-methyl/N-ethyl adjacent to an activating group) is 1. The molecule has 8 nitrogen and oxygen atoms in total. The van der Waals surface area contributed by atoms with Gasteiger partial charge in [-0.2, -0.15) is 0 Å². The zero-order valence-corrected chi connectivity index (χ0v) is 37.9. The molecule has 3 N–H and O–H groups in total. The van der Waals surface area contributed by atoms with Gasteiger partial charge in [-0.3, -0.25) is 13.8 Å². The Hall–Kier alpha value is -2.32. The van der Waals surface area contributed by atoms with Crippen LogP contribution in [0.3, 0.4) is 0 Å². The highest BCUT2D eigenvalue weighted by molar-refractivity contribution is 7.47. The van der Waals surface area contributed by atoms with Crippen LogP contribution in [-0.4, -0.2) is 73.4 Å². The first-order chi connectivity index (χ1) is 27.5. The van der Waals surface area contributed by atoms with Gasteiger partial charge in [-0.05, 0) is 70.6 Å². The zero-order chi connectivity index (χ0) is 42.1. The highest BCUT2D eigenvalue weighted by Crippen LogP contribution is 2.43. The van der Waals surface area contributed by atoms with E-state index in [4.69, 9.17) is 9.05 Å². The Morgan fingerprint density at radius 3 is 1.54 bits per heavy atom. The van der Waals surface area contributed by atoms with Gasteiger partial charge in [0.2, 0.25) is 5.91 Å². The van der Waals surface area contributed by atoms with E-state index in [0.717, 1.165) is 83.5 Å². The predicted octanol–water partition coefficient (Wildman–Crippen LogP) is 12.6. The molecule has 3 atom stereocenters. The van der Waals surface area contributed by atoms with Crippen LogP contribution in [0.5, 0.6) is 0 Å². The molecular weight excluding hydrogens is 732 g/mol. The van der Waals surface area contributed by atoms with Crippen molar-refractivity contribution >= 4 is 13.7 Å². The van der Waals surface area contributed by atoms with Crippen LogP contribution in [0.25, 0.3) is 0 Å². The Balaban J connectivity index is 4.21. The molecule has 3 unspecified atom stereocenters. The summed E-state index contributed by atoms with van der Waals surface area (Å²) in [7, 11) is 1.55. The lowest BCUT2D eigenvalue weighted by Gasteiger charge is -2.25. The van der Waals surface area contributed by atoms with Crippen LogP contribution in [0, 0.1) is 0 Å². The summed E-state index contributed by atoms with van der Waals surface area (Å²) in [6, 6.07) is -0.853. The number of nitrogens with zero attached hydrogens (tertiary/aromatic N) is 1. The van der Waals surface area contributed by atoms with Crippen molar-refractivity contribution in [2.75, 3.05) is 40.9 Å². The van der Waals surface area contributed by atoms with Gasteiger partial charge in [-0.15, -0.1) is 0 Å². The first kappa shape index (κ1) is 54.7. The minimum absolute atomic E-state index is 0.0549. The third-order valence-corrected chi connectivity index (χ3v) is 10.4. The lowest BCUT2D eigenvalue weighted by Crippen LogP contribution is -2.45. The molecule has 0 aliphatic rings. The molecule has 0 rings (SSSR count). The van der Waals surface area contributed by atoms with E-state index < -0.39 is 20.0 Å². The maximum atomic E-state index is 12.8. The minimum Gasteiger partial charge on any atom is -0.387 e. The average Bonchev–Trinajstić information content (AvgIpc) is 3.16. The standard InChI is InChI=1S/C48H85N2O6P/c1-6-8-10-12-14-16-17-18-19-20-21-22-23-24-25-26-27-28-29-30-31-32-33-34-36-38-40-42-48(52)49-46(45-56-57(53,54)55-44-43-50(3,4)5)47(51)41-39-37-35-15-13-11-9-7-2/h8,10,14,16,18-19,21-22,24-25,27-28,39,41,46-47,51H,6-7,9,11-13,15,17,20,23,26,29-38,40,42-45H2,1-5H3,(H-,49,52,53,54)/p+1/b10-8-,16-14-,19-18-,22-21-,25-24-,28-27-,41-39+. The van der Waals surface area contributed by atoms with Gasteiger partial charge in [0.05, 0.1) is 39.9 Å². The summed E-state index contributed by atoms with van der Waals surface area (Å²) in [6.45, 7) is 4.62. The Morgan fingerprint density at radius 1 is 0.614 bits per heavy atom. The Kier molecular flexibility index (Phi) is 37.6. The van der Waals surface area contributed by atoms with Gasteiger partial charge in [-0.1, -0.05) is 170 Å². The number of allylic oxidation sites excluding steroid dienone is 13. The van der Waals surface area contributed by atoms with Gasteiger partial charge in [0, 0.05) is 6.42 Å². The molecule has 0 aromatic rings. The van der Waals surface area contributed by atoms with Crippen molar-refractivity contribution in [2.24, 2.45) is 0 Å². The van der Waals surface area contributed by atoms with E-state index in [0.29, 0.717) is 17.4 Å². The molecule has 0 heterocycles. The minimum atomic E-state index is -4.34. The number of hydrogen-bond acceptors (Lipinski definition) is 5. The van der Waals surface area contributed by atoms with Crippen LogP contribution in [-0.2, 0) is 18.4 Å². The largest absolute Gasteiger partial charge is 0.472 e. The number of aliphatic hydroxyl groups is 1. The van der Waals surface area contributed by atoms with E-state index in [9.17, 15) is 19.4 Å². The number of aliphatic hydroxyl groups excluding tert-OH is 1. The maximum absolute atomic E-state index is 12.8. The van der Waals surface area contributed by atoms with Gasteiger partial charge in [-0.25, -0.2) is 4.57 Å². The van der Waals surface area contributed by atoms with Crippen molar-refractivity contribution in [2.45, 2.75) is 174 Å². The first-order valence-electron chi connectivity index (χ1n) is 22.5. The monoisotopic (exact) mass is 818 g/mol. The van der Waals surface area contributed by atoms with Crippen molar-refractivity contribution in [1.82, 2.24) is 5.32 Å². The van der Waals surface area contributed by atoms with Gasteiger partial charge in [0.15, 0.2) is 0 Å². The number of phosphoric acid groups is 1. The number of rotatable bonds is 39. The maximum Gasteiger partial charge on any atom is 0.472 e. The number of unbranched alkanes of at least 4 members (excludes halogenated alkanes) is 14. The van der Waals surface area contributed by atoms with Crippen LogP contribution in [0.15, 0.2) is 85.1 Å². The summed E-state index contributed by atoms with van der Waals surface area (Å²) in [5, 5.41) is 13.7. The fourth-order valence-electron chi connectivity index (χ4n) is 5.81. The first-order valence-corrected chi connectivity index (χ1v) is 24.0. The summed E-state index contributed by atoms with van der Waals surface area (Å²) in [6.07, 6.45) is 53.8. The number of quaternary nitrogens is 1. The van der Waals surface area contributed by atoms with Gasteiger partial charge < -0.3 is 19.8 Å². The van der Waals surface area contributed by atoms with E-state index in [-0.39, 0.29) is 19.1 Å². The molecule has 0 spiro atoms. The Labute approximate surface area is 350 Å². The number of hydrogen-bond donors (Lipinski definition) is 3. The summed E-state index contributed by atoms with van der Waals surface area (Å²) in [4.78, 5) is 23.0. The molecule has 57 heavy (non-hydrogen) atoms. The van der Waals surface area contributed by atoms with Crippen molar-refractivity contribution in [3.63, 3.8) is 0 Å². The van der Waals surface area contributed by atoms with E-state index in [1.165, 1.54) is 57.8 Å². The third-order valence-electron chi connectivity index (χ3n) is 9.37. The molecule has 0 saturated carbocycles. The molecular formula is C48H86N2O6P+. The smallest absolute Gasteiger partial charge is 0.387 e. The SMILES string of the molecule is CC/C=C\C/C=C\C/C=C\C/C=C\C/C=C\C/C=C\CCCCCCCCCCC(=O)NC(COP(=O)(O)OCC[N+](C)(C)C)C(O)/C=C/CCCCCCCC. The van der Waals surface area contributed by atoms with Crippen LogP contribution in [0.4, 0.5) is 0 Å². The second kappa shape index (κ2) is 39.2. The van der Waals surface area contributed by atoms with E-state index >= 15 is 0 Å². The lowest BCUT2D eigenvalue weighted by atomic mass is 10.1. The Morgan fingerprint density at radius 2 is 1.05 bits per heavy atom. The number of carbonyl (C=O) groups excluding carboxylic acids is 1.